The molecule has 5 rings (SSSR count). The fourth-order valence-electron chi connectivity index (χ4n) is 3.78. The summed E-state index contributed by atoms with van der Waals surface area (Å²) in [4.78, 5) is 31.1. The van der Waals surface area contributed by atoms with Crippen LogP contribution in [0.25, 0.3) is 0 Å². The molecule has 2 unspecified atom stereocenters. The van der Waals surface area contributed by atoms with E-state index in [4.69, 9.17) is 21.1 Å². The number of nitrogens with one attached hydrogen (secondary N) is 1. The number of methoxy groups -OCH3 is 1. The van der Waals surface area contributed by atoms with Gasteiger partial charge in [0.05, 0.1) is 12.7 Å². The molecule has 2 aliphatic heterocycles. The highest BCUT2D eigenvalue weighted by Crippen LogP contribution is 2.32. The van der Waals surface area contributed by atoms with Crippen LogP contribution in [-0.4, -0.2) is 41.9 Å². The van der Waals surface area contributed by atoms with Gasteiger partial charge in [-0.15, -0.1) is 10.1 Å². The number of aliphatic imine (C=N–C) groups is 1. The van der Waals surface area contributed by atoms with Crippen LogP contribution in [0.2, 0.25) is 5.02 Å². The number of carbonyl (C=O) groups excluding carboxylic acids is 2. The summed E-state index contributed by atoms with van der Waals surface area (Å²) in [5, 5.41) is 8.77. The number of ether oxygens (including phenoxy) is 2. The van der Waals surface area contributed by atoms with E-state index in [-0.39, 0.29) is 11.9 Å². The number of hydrogen-bond acceptors (Lipinski definition) is 6. The Morgan fingerprint density at radius 3 is 2.47 bits per heavy atom. The number of carbonyl (C=O) groups is 2. The van der Waals surface area contributed by atoms with Gasteiger partial charge in [0, 0.05) is 10.6 Å². The van der Waals surface area contributed by atoms with Crippen molar-refractivity contribution in [3.05, 3.63) is 101 Å². The van der Waals surface area contributed by atoms with Crippen LogP contribution in [0.1, 0.15) is 27.5 Å². The molecule has 8 nitrogen and oxygen atoms in total. The minimum Gasteiger partial charge on any atom is -0.496 e. The second kappa shape index (κ2) is 8.99. The third-order valence-electron chi connectivity index (χ3n) is 5.47. The summed E-state index contributed by atoms with van der Waals surface area (Å²) in [6.07, 6.45) is 0. The van der Waals surface area contributed by atoms with Gasteiger partial charge >= 0.3 is 6.02 Å². The average molecular weight is 475 g/mol. The number of hydrazone groups is 1. The van der Waals surface area contributed by atoms with Crippen molar-refractivity contribution in [2.75, 3.05) is 7.11 Å². The number of amides is 2. The van der Waals surface area contributed by atoms with Gasteiger partial charge in [-0.25, -0.2) is 4.99 Å². The van der Waals surface area contributed by atoms with Crippen molar-refractivity contribution in [3.63, 3.8) is 0 Å². The van der Waals surface area contributed by atoms with Crippen LogP contribution in [0.3, 0.4) is 0 Å². The summed E-state index contributed by atoms with van der Waals surface area (Å²) in [7, 11) is 1.54. The van der Waals surface area contributed by atoms with Crippen LogP contribution in [0.15, 0.2) is 89.0 Å². The first-order valence-corrected chi connectivity index (χ1v) is 10.9. The van der Waals surface area contributed by atoms with Crippen LogP contribution in [0.4, 0.5) is 0 Å². The molecule has 0 spiro atoms. The van der Waals surface area contributed by atoms with Gasteiger partial charge < -0.3 is 14.8 Å². The minimum absolute atomic E-state index is 0.0241. The molecule has 0 aromatic heterocycles. The summed E-state index contributed by atoms with van der Waals surface area (Å²) in [6.45, 7) is 0. The molecule has 9 heteroatoms. The molecule has 0 saturated carbocycles. The predicted molar refractivity (Wildman–Crippen MR) is 127 cm³/mol. The van der Waals surface area contributed by atoms with Crippen molar-refractivity contribution in [3.8, 4) is 5.75 Å². The van der Waals surface area contributed by atoms with E-state index in [1.54, 1.807) is 60.7 Å². The minimum atomic E-state index is -1.01. The third-order valence-corrected chi connectivity index (χ3v) is 5.72. The SMILES string of the molecule is COc1ccccc1C1=NN2C(=O)C(NC(=O)c3ccccc3)C(c3ccc(Cl)cc3)N=C2O1. The standard InChI is InChI=1S/C25H19ClN4O4/c1-33-19-10-6-5-9-18(19)23-29-30-24(32)21(27-22(31)16-7-3-2-4-8-16)20(28-25(30)34-23)15-11-13-17(26)14-12-15/h2-14,20-21H,1H3,(H,27,31). The zero-order valence-corrected chi connectivity index (χ0v) is 18.8. The summed E-state index contributed by atoms with van der Waals surface area (Å²) in [6, 6.07) is 21.0. The third kappa shape index (κ3) is 3.99. The highest BCUT2D eigenvalue weighted by atomic mass is 35.5. The number of halogens is 1. The molecule has 3 aromatic carbocycles. The largest absolute Gasteiger partial charge is 0.496 e. The van der Waals surface area contributed by atoms with Crippen molar-refractivity contribution in [1.29, 1.82) is 0 Å². The summed E-state index contributed by atoms with van der Waals surface area (Å²) in [5.74, 6) is -0.156. The Bertz CT molecular complexity index is 1310. The molecule has 2 atom stereocenters. The van der Waals surface area contributed by atoms with E-state index in [1.807, 2.05) is 18.2 Å². The predicted octanol–water partition coefficient (Wildman–Crippen LogP) is 3.78. The molecule has 0 radical (unpaired) electrons. The highest BCUT2D eigenvalue weighted by Gasteiger charge is 2.45. The summed E-state index contributed by atoms with van der Waals surface area (Å²) < 4.78 is 11.3. The molecular formula is C25H19ClN4O4. The van der Waals surface area contributed by atoms with Gasteiger partial charge in [-0.05, 0) is 42.0 Å². The second-order valence-corrected chi connectivity index (χ2v) is 8.02. The number of fused-ring (bicyclic) bond motifs is 1. The molecule has 0 bridgehead atoms. The van der Waals surface area contributed by atoms with Crippen molar-refractivity contribution in [2.24, 2.45) is 10.1 Å². The van der Waals surface area contributed by atoms with E-state index in [2.05, 4.69) is 15.4 Å². The maximum absolute atomic E-state index is 13.5. The molecule has 170 valence electrons. The van der Waals surface area contributed by atoms with Crippen molar-refractivity contribution < 1.29 is 19.1 Å². The van der Waals surface area contributed by atoms with E-state index in [1.165, 1.54) is 7.11 Å². The lowest BCUT2D eigenvalue weighted by atomic mass is 9.97. The Morgan fingerprint density at radius 2 is 1.74 bits per heavy atom. The highest BCUT2D eigenvalue weighted by molar-refractivity contribution is 6.30. The van der Waals surface area contributed by atoms with E-state index in [9.17, 15) is 9.59 Å². The lowest BCUT2D eigenvalue weighted by Gasteiger charge is -2.30. The van der Waals surface area contributed by atoms with Crippen LogP contribution in [0.5, 0.6) is 5.75 Å². The maximum atomic E-state index is 13.5. The Kier molecular flexibility index (Phi) is 5.73. The molecule has 3 aromatic rings. The number of benzene rings is 3. The Labute approximate surface area is 200 Å². The first-order chi connectivity index (χ1) is 16.5. The lowest BCUT2D eigenvalue weighted by molar-refractivity contribution is -0.131. The van der Waals surface area contributed by atoms with E-state index in [0.29, 0.717) is 27.5 Å². The lowest BCUT2D eigenvalue weighted by Crippen LogP contribution is -2.53. The fraction of sp³-hybridized carbons (Fsp3) is 0.120. The summed E-state index contributed by atoms with van der Waals surface area (Å²) >= 11 is 6.05. The second-order valence-electron chi connectivity index (χ2n) is 7.58. The van der Waals surface area contributed by atoms with Gasteiger partial charge in [0.25, 0.3) is 17.7 Å². The first-order valence-electron chi connectivity index (χ1n) is 10.5. The smallest absolute Gasteiger partial charge is 0.323 e. The summed E-state index contributed by atoms with van der Waals surface area (Å²) in [5.41, 5.74) is 1.69. The quantitative estimate of drug-likeness (QED) is 0.609. The van der Waals surface area contributed by atoms with Crippen LogP contribution >= 0.6 is 11.6 Å². The maximum Gasteiger partial charge on any atom is 0.323 e. The first kappa shape index (κ1) is 21.7. The average Bonchev–Trinajstić information content (AvgIpc) is 3.31. The van der Waals surface area contributed by atoms with Gasteiger partial charge in [0.2, 0.25) is 0 Å². The van der Waals surface area contributed by atoms with E-state index >= 15 is 0 Å². The van der Waals surface area contributed by atoms with Crippen molar-refractivity contribution in [2.45, 2.75) is 12.1 Å². The normalized spacial score (nSPS) is 19.0. The molecule has 2 heterocycles. The Hall–Kier alpha value is -4.17. The zero-order valence-electron chi connectivity index (χ0n) is 18.0. The Balaban J connectivity index is 1.52. The van der Waals surface area contributed by atoms with Gasteiger partial charge in [0.15, 0.2) is 0 Å². The Morgan fingerprint density at radius 1 is 1.03 bits per heavy atom. The zero-order chi connectivity index (χ0) is 23.7. The molecule has 0 aliphatic carbocycles. The van der Waals surface area contributed by atoms with Gasteiger partial charge in [-0.2, -0.15) is 0 Å². The molecule has 2 amide bonds. The molecular weight excluding hydrogens is 456 g/mol. The number of rotatable bonds is 5. The number of nitrogens with zero attached hydrogens (tertiary/aromatic N) is 3. The van der Waals surface area contributed by atoms with Crippen LogP contribution in [0, 0.1) is 0 Å². The molecule has 34 heavy (non-hydrogen) atoms. The topological polar surface area (TPSA) is 92.6 Å². The number of hydrogen-bond donors (Lipinski definition) is 1. The molecule has 0 saturated heterocycles. The number of amidine groups is 1. The molecule has 2 aliphatic rings. The fourth-order valence-corrected chi connectivity index (χ4v) is 3.91. The molecule has 0 fully saturated rings. The van der Waals surface area contributed by atoms with Crippen molar-refractivity contribution >= 4 is 35.3 Å². The van der Waals surface area contributed by atoms with Crippen molar-refractivity contribution in [1.82, 2.24) is 10.3 Å². The number of para-hydroxylation sites is 1. The van der Waals surface area contributed by atoms with Gasteiger partial charge in [-0.1, -0.05) is 54.1 Å². The molecule has 1 N–H and O–H groups in total. The van der Waals surface area contributed by atoms with Gasteiger partial charge in [-0.3, -0.25) is 9.59 Å². The van der Waals surface area contributed by atoms with Crippen LogP contribution < -0.4 is 10.1 Å². The monoisotopic (exact) mass is 474 g/mol. The van der Waals surface area contributed by atoms with Gasteiger partial charge in [0.1, 0.15) is 17.8 Å². The van der Waals surface area contributed by atoms with E-state index < -0.39 is 23.9 Å². The van der Waals surface area contributed by atoms with E-state index in [0.717, 1.165) is 5.01 Å². The van der Waals surface area contributed by atoms with Crippen LogP contribution in [-0.2, 0) is 9.53 Å².